The number of aromatic nitrogens is 1. The van der Waals surface area contributed by atoms with Crippen molar-refractivity contribution < 1.29 is 9.90 Å². The summed E-state index contributed by atoms with van der Waals surface area (Å²) in [4.78, 5) is 14.6. The van der Waals surface area contributed by atoms with E-state index in [1.165, 1.54) is 12.1 Å². The predicted octanol–water partition coefficient (Wildman–Crippen LogP) is 3.20. The van der Waals surface area contributed by atoms with E-state index in [0.717, 1.165) is 0 Å². The highest BCUT2D eigenvalue weighted by Gasteiger charge is 2.00. The molecule has 1 aromatic carbocycles. The maximum absolute atomic E-state index is 10.6. The van der Waals surface area contributed by atoms with Crippen LogP contribution in [0, 0.1) is 0 Å². The van der Waals surface area contributed by atoms with E-state index >= 15 is 0 Å². The van der Waals surface area contributed by atoms with Crippen molar-refractivity contribution in [1.82, 2.24) is 4.98 Å². The Hall–Kier alpha value is -2.56. The van der Waals surface area contributed by atoms with Crippen molar-refractivity contribution in [3.63, 3.8) is 0 Å². The fourth-order valence-corrected chi connectivity index (χ4v) is 1.19. The molecule has 0 unspecified atom stereocenters. The highest BCUT2D eigenvalue weighted by molar-refractivity contribution is 5.87. The van der Waals surface area contributed by atoms with Crippen molar-refractivity contribution in [2.45, 2.75) is 0 Å². The van der Waals surface area contributed by atoms with Crippen molar-refractivity contribution >= 4 is 17.5 Å². The van der Waals surface area contributed by atoms with E-state index in [1.54, 1.807) is 30.5 Å². The summed E-state index contributed by atoms with van der Waals surface area (Å²) in [5.74, 6) is -0.451. The number of benzene rings is 1. The van der Waals surface area contributed by atoms with E-state index in [-0.39, 0.29) is 5.56 Å². The number of carboxylic acids is 1. The molecule has 0 aliphatic heterocycles. The molecule has 0 bridgehead atoms. The zero-order valence-corrected chi connectivity index (χ0v) is 8.82. The number of hydrogen-bond donors (Lipinski definition) is 1. The molecule has 1 aromatic heterocycles. The van der Waals surface area contributed by atoms with Crippen molar-refractivity contribution in [1.29, 1.82) is 0 Å². The smallest absolute Gasteiger partial charge is 0.335 e. The second kappa shape index (κ2) is 4.98. The Balaban J connectivity index is 2.14. The third kappa shape index (κ3) is 2.94. The zero-order valence-electron chi connectivity index (χ0n) is 8.82. The molecule has 0 saturated heterocycles. The van der Waals surface area contributed by atoms with Crippen molar-refractivity contribution in [2.24, 2.45) is 10.2 Å². The molecule has 5 nitrogen and oxygen atoms in total. The number of carboxylic acid groups (broad SMARTS) is 1. The molecular weight excluding hydrogens is 218 g/mol. The van der Waals surface area contributed by atoms with Gasteiger partial charge in [0.1, 0.15) is 0 Å². The van der Waals surface area contributed by atoms with Crippen LogP contribution in [0.1, 0.15) is 10.4 Å². The van der Waals surface area contributed by atoms with Crippen LogP contribution in [0.15, 0.2) is 58.9 Å². The van der Waals surface area contributed by atoms with Gasteiger partial charge in [-0.1, -0.05) is 6.07 Å². The van der Waals surface area contributed by atoms with Crippen LogP contribution in [0.3, 0.4) is 0 Å². The Bertz CT molecular complexity index is 535. The molecule has 1 heterocycles. The summed E-state index contributed by atoms with van der Waals surface area (Å²) in [5.41, 5.74) is 0.808. The molecule has 0 spiro atoms. The minimum Gasteiger partial charge on any atom is -0.478 e. The van der Waals surface area contributed by atoms with Crippen LogP contribution in [0.4, 0.5) is 11.5 Å². The van der Waals surface area contributed by atoms with Gasteiger partial charge in [-0.25, -0.2) is 9.78 Å². The number of hydrogen-bond acceptors (Lipinski definition) is 4. The van der Waals surface area contributed by atoms with Crippen LogP contribution in [0.5, 0.6) is 0 Å². The monoisotopic (exact) mass is 227 g/mol. The number of aromatic carboxylic acids is 1. The summed E-state index contributed by atoms with van der Waals surface area (Å²) < 4.78 is 0. The summed E-state index contributed by atoms with van der Waals surface area (Å²) in [6.07, 6.45) is 1.63. The number of rotatable bonds is 3. The molecule has 0 amide bonds. The third-order valence-corrected chi connectivity index (χ3v) is 2.03. The normalized spacial score (nSPS) is 10.6. The van der Waals surface area contributed by atoms with Crippen molar-refractivity contribution in [3.8, 4) is 0 Å². The molecule has 1 N–H and O–H groups in total. The number of azo groups is 1. The van der Waals surface area contributed by atoms with Gasteiger partial charge in [0.05, 0.1) is 11.3 Å². The van der Waals surface area contributed by atoms with Crippen LogP contribution >= 0.6 is 0 Å². The molecule has 17 heavy (non-hydrogen) atoms. The second-order valence-electron chi connectivity index (χ2n) is 3.24. The molecule has 2 aromatic rings. The third-order valence-electron chi connectivity index (χ3n) is 2.03. The molecule has 0 fully saturated rings. The van der Waals surface area contributed by atoms with Crippen LogP contribution < -0.4 is 0 Å². The first kappa shape index (κ1) is 10.9. The van der Waals surface area contributed by atoms with Gasteiger partial charge in [0.25, 0.3) is 0 Å². The van der Waals surface area contributed by atoms with Gasteiger partial charge in [-0.3, -0.25) is 0 Å². The van der Waals surface area contributed by atoms with E-state index in [9.17, 15) is 4.79 Å². The fourth-order valence-electron chi connectivity index (χ4n) is 1.19. The standard InChI is InChI=1S/C12H9N3O2/c16-12(17)9-4-6-10(7-5-9)14-15-11-3-1-2-8-13-11/h1-8H,(H,16,17)/b15-14+. The first-order chi connectivity index (χ1) is 8.25. The molecule has 0 aliphatic carbocycles. The highest BCUT2D eigenvalue weighted by Crippen LogP contribution is 2.16. The maximum atomic E-state index is 10.6. The fraction of sp³-hybridized carbons (Fsp3) is 0. The van der Waals surface area contributed by atoms with Gasteiger partial charge in [-0.05, 0) is 36.4 Å². The average molecular weight is 227 g/mol. The van der Waals surface area contributed by atoms with Crippen LogP contribution in [0.25, 0.3) is 0 Å². The highest BCUT2D eigenvalue weighted by atomic mass is 16.4. The lowest BCUT2D eigenvalue weighted by molar-refractivity contribution is 0.0697. The zero-order chi connectivity index (χ0) is 12.1. The van der Waals surface area contributed by atoms with Crippen molar-refractivity contribution in [2.75, 3.05) is 0 Å². The Morgan fingerprint density at radius 1 is 1.06 bits per heavy atom. The molecule has 0 atom stereocenters. The largest absolute Gasteiger partial charge is 0.478 e. The first-order valence-corrected chi connectivity index (χ1v) is 4.92. The van der Waals surface area contributed by atoms with E-state index < -0.39 is 5.97 Å². The summed E-state index contributed by atoms with van der Waals surface area (Å²) in [7, 11) is 0. The second-order valence-corrected chi connectivity index (χ2v) is 3.24. The molecule has 0 radical (unpaired) electrons. The maximum Gasteiger partial charge on any atom is 0.335 e. The number of carbonyl (C=O) groups is 1. The van der Waals surface area contributed by atoms with Crippen LogP contribution in [-0.4, -0.2) is 16.1 Å². The number of pyridine rings is 1. The van der Waals surface area contributed by atoms with E-state index in [2.05, 4.69) is 15.2 Å². The Kier molecular flexibility index (Phi) is 3.20. The summed E-state index contributed by atoms with van der Waals surface area (Å²) in [6, 6.07) is 11.5. The molecular formula is C12H9N3O2. The van der Waals surface area contributed by atoms with Crippen LogP contribution in [-0.2, 0) is 0 Å². The summed E-state index contributed by atoms with van der Waals surface area (Å²) in [6.45, 7) is 0. The topological polar surface area (TPSA) is 74.9 Å². The Morgan fingerprint density at radius 2 is 1.82 bits per heavy atom. The summed E-state index contributed by atoms with van der Waals surface area (Å²) >= 11 is 0. The quantitative estimate of drug-likeness (QED) is 0.818. The van der Waals surface area contributed by atoms with Gasteiger partial charge in [0.15, 0.2) is 5.82 Å². The SMILES string of the molecule is O=C(O)c1ccc(/N=N/c2ccccn2)cc1. The molecule has 0 aliphatic rings. The molecule has 84 valence electrons. The van der Waals surface area contributed by atoms with E-state index in [4.69, 9.17) is 5.11 Å². The number of nitrogens with zero attached hydrogens (tertiary/aromatic N) is 3. The van der Waals surface area contributed by atoms with Gasteiger partial charge >= 0.3 is 5.97 Å². The minimum atomic E-state index is -0.960. The Labute approximate surface area is 97.5 Å². The van der Waals surface area contributed by atoms with Crippen LogP contribution in [0.2, 0.25) is 0 Å². The van der Waals surface area contributed by atoms with E-state index in [0.29, 0.717) is 11.5 Å². The Morgan fingerprint density at radius 3 is 2.41 bits per heavy atom. The molecule has 0 saturated carbocycles. The lowest BCUT2D eigenvalue weighted by Crippen LogP contribution is -1.93. The lowest BCUT2D eigenvalue weighted by Gasteiger charge is -1.94. The minimum absolute atomic E-state index is 0.224. The first-order valence-electron chi connectivity index (χ1n) is 4.92. The van der Waals surface area contributed by atoms with Gasteiger partial charge in [0, 0.05) is 6.20 Å². The van der Waals surface area contributed by atoms with Gasteiger partial charge in [-0.15, -0.1) is 10.2 Å². The molecule has 5 heteroatoms. The van der Waals surface area contributed by atoms with Gasteiger partial charge in [0.2, 0.25) is 0 Å². The average Bonchev–Trinajstić information content (AvgIpc) is 2.38. The van der Waals surface area contributed by atoms with Gasteiger partial charge < -0.3 is 5.11 Å². The summed E-state index contributed by atoms with van der Waals surface area (Å²) in [5, 5.41) is 16.6. The van der Waals surface area contributed by atoms with Crippen molar-refractivity contribution in [3.05, 3.63) is 54.2 Å². The molecule has 2 rings (SSSR count). The van der Waals surface area contributed by atoms with E-state index in [1.807, 2.05) is 6.07 Å². The van der Waals surface area contributed by atoms with Gasteiger partial charge in [-0.2, -0.15) is 0 Å². The lowest BCUT2D eigenvalue weighted by atomic mass is 10.2. The predicted molar refractivity (Wildman–Crippen MR) is 61.8 cm³/mol.